The van der Waals surface area contributed by atoms with Gasteiger partial charge in [-0.2, -0.15) is 0 Å². The molecule has 1 aromatic rings. The SMILES string of the molecule is CC(C)N(CCCC(=O)O)C(=O)c1ccc(N(C)C)cc1. The minimum atomic E-state index is -0.832. The monoisotopic (exact) mass is 292 g/mol. The van der Waals surface area contributed by atoms with Gasteiger partial charge in [0.15, 0.2) is 0 Å². The van der Waals surface area contributed by atoms with Crippen LogP contribution in [0.15, 0.2) is 24.3 Å². The van der Waals surface area contributed by atoms with Gasteiger partial charge in [-0.1, -0.05) is 0 Å². The molecule has 1 aromatic carbocycles. The van der Waals surface area contributed by atoms with Gasteiger partial charge in [-0.25, -0.2) is 0 Å². The topological polar surface area (TPSA) is 60.9 Å². The number of carboxylic acid groups (broad SMARTS) is 1. The molecule has 21 heavy (non-hydrogen) atoms. The van der Waals surface area contributed by atoms with E-state index in [0.29, 0.717) is 18.5 Å². The van der Waals surface area contributed by atoms with Crippen LogP contribution in [0.3, 0.4) is 0 Å². The lowest BCUT2D eigenvalue weighted by Crippen LogP contribution is -2.37. The van der Waals surface area contributed by atoms with Crippen molar-refractivity contribution in [3.8, 4) is 0 Å². The summed E-state index contributed by atoms with van der Waals surface area (Å²) in [5, 5.41) is 8.70. The van der Waals surface area contributed by atoms with Gasteiger partial charge in [0.2, 0.25) is 0 Å². The number of aliphatic carboxylic acids is 1. The molecule has 5 heteroatoms. The van der Waals surface area contributed by atoms with Crippen molar-refractivity contribution < 1.29 is 14.7 Å². The molecular weight excluding hydrogens is 268 g/mol. The van der Waals surface area contributed by atoms with E-state index < -0.39 is 5.97 Å². The molecule has 0 radical (unpaired) electrons. The van der Waals surface area contributed by atoms with Crippen molar-refractivity contribution >= 4 is 17.6 Å². The van der Waals surface area contributed by atoms with E-state index in [2.05, 4.69) is 0 Å². The lowest BCUT2D eigenvalue weighted by Gasteiger charge is -2.27. The van der Waals surface area contributed by atoms with E-state index in [1.807, 2.05) is 57.1 Å². The molecule has 0 spiro atoms. The lowest BCUT2D eigenvalue weighted by atomic mass is 10.1. The fraction of sp³-hybridized carbons (Fsp3) is 0.500. The average molecular weight is 292 g/mol. The summed E-state index contributed by atoms with van der Waals surface area (Å²) < 4.78 is 0. The molecule has 0 heterocycles. The van der Waals surface area contributed by atoms with Crippen molar-refractivity contribution in [2.45, 2.75) is 32.7 Å². The predicted octanol–water partition coefficient (Wildman–Crippen LogP) is 2.47. The van der Waals surface area contributed by atoms with E-state index in [1.54, 1.807) is 4.90 Å². The number of carbonyl (C=O) groups is 2. The van der Waals surface area contributed by atoms with E-state index in [0.717, 1.165) is 5.69 Å². The molecule has 1 rings (SSSR count). The molecule has 0 aliphatic rings. The molecule has 0 atom stereocenters. The van der Waals surface area contributed by atoms with Gasteiger partial charge in [0, 0.05) is 44.4 Å². The molecule has 0 fully saturated rings. The van der Waals surface area contributed by atoms with Crippen LogP contribution in [-0.4, -0.2) is 48.6 Å². The summed E-state index contributed by atoms with van der Waals surface area (Å²) >= 11 is 0. The maximum atomic E-state index is 12.5. The first-order valence-electron chi connectivity index (χ1n) is 7.13. The van der Waals surface area contributed by atoms with Crippen LogP contribution in [-0.2, 0) is 4.79 Å². The standard InChI is InChI=1S/C16H24N2O3/c1-12(2)18(11-5-6-15(19)20)16(21)13-7-9-14(10-8-13)17(3)4/h7-10,12H,5-6,11H2,1-4H3,(H,19,20). The quantitative estimate of drug-likeness (QED) is 0.838. The predicted molar refractivity (Wildman–Crippen MR) is 83.8 cm³/mol. The fourth-order valence-electron chi connectivity index (χ4n) is 2.06. The van der Waals surface area contributed by atoms with E-state index in [1.165, 1.54) is 0 Å². The second-order valence-corrected chi connectivity index (χ2v) is 5.53. The molecule has 1 amide bonds. The van der Waals surface area contributed by atoms with E-state index in [-0.39, 0.29) is 18.4 Å². The van der Waals surface area contributed by atoms with Crippen molar-refractivity contribution in [1.29, 1.82) is 0 Å². The highest BCUT2D eigenvalue weighted by Crippen LogP contribution is 2.15. The number of carbonyl (C=O) groups excluding carboxylic acids is 1. The van der Waals surface area contributed by atoms with Crippen molar-refractivity contribution in [3.63, 3.8) is 0 Å². The number of hydrogen-bond acceptors (Lipinski definition) is 3. The molecule has 0 saturated heterocycles. The first-order chi connectivity index (χ1) is 9.82. The van der Waals surface area contributed by atoms with Crippen molar-refractivity contribution in [3.05, 3.63) is 29.8 Å². The van der Waals surface area contributed by atoms with E-state index in [4.69, 9.17) is 5.11 Å². The van der Waals surface area contributed by atoms with Gasteiger partial charge in [-0.05, 0) is 44.5 Å². The summed E-state index contributed by atoms with van der Waals surface area (Å²) in [7, 11) is 3.90. The van der Waals surface area contributed by atoms with Crippen molar-refractivity contribution in [2.24, 2.45) is 0 Å². The summed E-state index contributed by atoms with van der Waals surface area (Å²) in [6, 6.07) is 7.47. The van der Waals surface area contributed by atoms with Gasteiger partial charge >= 0.3 is 5.97 Å². The Labute approximate surface area is 126 Å². The molecule has 116 valence electrons. The largest absolute Gasteiger partial charge is 0.481 e. The third-order valence-electron chi connectivity index (χ3n) is 3.30. The number of benzene rings is 1. The highest BCUT2D eigenvalue weighted by Gasteiger charge is 2.18. The Hall–Kier alpha value is -2.04. The van der Waals surface area contributed by atoms with E-state index >= 15 is 0 Å². The normalized spacial score (nSPS) is 10.5. The van der Waals surface area contributed by atoms with Crippen LogP contribution in [0.4, 0.5) is 5.69 Å². The van der Waals surface area contributed by atoms with Crippen LogP contribution in [0.1, 0.15) is 37.0 Å². The van der Waals surface area contributed by atoms with Gasteiger partial charge < -0.3 is 14.9 Å². The number of nitrogens with zero attached hydrogens (tertiary/aromatic N) is 2. The Balaban J connectivity index is 2.78. The molecular formula is C16H24N2O3. The second kappa shape index (κ2) is 7.67. The van der Waals surface area contributed by atoms with Gasteiger partial charge in [-0.15, -0.1) is 0 Å². The first kappa shape index (κ1) is 17.0. The summed E-state index contributed by atoms with van der Waals surface area (Å²) in [5.41, 5.74) is 1.66. The van der Waals surface area contributed by atoms with Crippen LogP contribution in [0, 0.1) is 0 Å². The first-order valence-corrected chi connectivity index (χ1v) is 7.13. The molecule has 5 nitrogen and oxygen atoms in total. The third-order valence-corrected chi connectivity index (χ3v) is 3.30. The van der Waals surface area contributed by atoms with E-state index in [9.17, 15) is 9.59 Å². The Morgan fingerprint density at radius 2 is 1.71 bits per heavy atom. The molecule has 0 aliphatic carbocycles. The van der Waals surface area contributed by atoms with Gasteiger partial charge in [-0.3, -0.25) is 9.59 Å². The Kier molecular flexibility index (Phi) is 6.21. The van der Waals surface area contributed by atoms with Crippen LogP contribution >= 0.6 is 0 Å². The second-order valence-electron chi connectivity index (χ2n) is 5.53. The highest BCUT2D eigenvalue weighted by atomic mass is 16.4. The lowest BCUT2D eigenvalue weighted by molar-refractivity contribution is -0.137. The summed E-state index contributed by atoms with van der Waals surface area (Å²) in [6.07, 6.45) is 0.547. The zero-order valence-electron chi connectivity index (χ0n) is 13.2. The maximum Gasteiger partial charge on any atom is 0.303 e. The number of amides is 1. The van der Waals surface area contributed by atoms with Crippen LogP contribution < -0.4 is 4.90 Å². The Bertz CT molecular complexity index is 481. The maximum absolute atomic E-state index is 12.5. The molecule has 1 N–H and O–H groups in total. The van der Waals surface area contributed by atoms with Crippen LogP contribution in [0.25, 0.3) is 0 Å². The van der Waals surface area contributed by atoms with Gasteiger partial charge in [0.05, 0.1) is 0 Å². The van der Waals surface area contributed by atoms with Gasteiger partial charge in [0.25, 0.3) is 5.91 Å². The number of hydrogen-bond donors (Lipinski definition) is 1. The van der Waals surface area contributed by atoms with Crippen LogP contribution in [0.5, 0.6) is 0 Å². The minimum Gasteiger partial charge on any atom is -0.481 e. The molecule has 0 unspecified atom stereocenters. The number of anilines is 1. The number of carboxylic acids is 1. The zero-order chi connectivity index (χ0) is 16.0. The summed E-state index contributed by atoms with van der Waals surface area (Å²) in [6.45, 7) is 4.33. The Morgan fingerprint density at radius 3 is 2.14 bits per heavy atom. The molecule has 0 saturated carbocycles. The minimum absolute atomic E-state index is 0.0415. The van der Waals surface area contributed by atoms with Crippen LogP contribution in [0.2, 0.25) is 0 Å². The molecule has 0 aromatic heterocycles. The number of rotatable bonds is 7. The third kappa shape index (κ3) is 5.10. The zero-order valence-corrected chi connectivity index (χ0v) is 13.2. The summed E-state index contributed by atoms with van der Waals surface area (Å²) in [4.78, 5) is 26.8. The molecule has 0 aliphatic heterocycles. The summed E-state index contributed by atoms with van der Waals surface area (Å²) in [5.74, 6) is -0.887. The van der Waals surface area contributed by atoms with Crippen molar-refractivity contribution in [2.75, 3.05) is 25.5 Å². The highest BCUT2D eigenvalue weighted by molar-refractivity contribution is 5.94. The average Bonchev–Trinajstić information content (AvgIpc) is 2.42. The Morgan fingerprint density at radius 1 is 1.14 bits per heavy atom. The molecule has 0 bridgehead atoms. The fourth-order valence-corrected chi connectivity index (χ4v) is 2.06. The smallest absolute Gasteiger partial charge is 0.303 e. The van der Waals surface area contributed by atoms with Crippen molar-refractivity contribution in [1.82, 2.24) is 4.90 Å². The van der Waals surface area contributed by atoms with Gasteiger partial charge in [0.1, 0.15) is 0 Å².